The van der Waals surface area contributed by atoms with Gasteiger partial charge in [-0.3, -0.25) is 9.69 Å². The number of ketones is 1. The van der Waals surface area contributed by atoms with Gasteiger partial charge in [0, 0.05) is 24.7 Å². The van der Waals surface area contributed by atoms with Gasteiger partial charge in [-0.1, -0.05) is 20.8 Å². The second-order valence-electron chi connectivity index (χ2n) is 10.1. The number of ether oxygens (including phenoxy) is 2. The average molecular weight is 466 g/mol. The number of aliphatic carboxylic acids is 2. The van der Waals surface area contributed by atoms with Crippen molar-refractivity contribution in [2.24, 2.45) is 10.8 Å². The fourth-order valence-electron chi connectivity index (χ4n) is 5.31. The largest absolute Gasteiger partial charge is 0.493 e. The number of fused-ring (bicyclic) bond motifs is 2. The van der Waals surface area contributed by atoms with E-state index < -0.39 is 18.0 Å². The van der Waals surface area contributed by atoms with Crippen molar-refractivity contribution in [3.63, 3.8) is 0 Å². The van der Waals surface area contributed by atoms with Gasteiger partial charge in [-0.25, -0.2) is 9.59 Å². The fourth-order valence-corrected chi connectivity index (χ4v) is 5.31. The maximum atomic E-state index is 11.5. The first-order valence-corrected chi connectivity index (χ1v) is 11.0. The Bertz CT molecular complexity index is 871. The van der Waals surface area contributed by atoms with Crippen LogP contribution in [0.5, 0.6) is 11.5 Å². The monoisotopic (exact) mass is 465 g/mol. The van der Waals surface area contributed by atoms with Crippen LogP contribution in [0.2, 0.25) is 0 Å². The van der Waals surface area contributed by atoms with Gasteiger partial charge in [-0.15, -0.1) is 0 Å². The molecule has 2 bridgehead atoms. The summed E-state index contributed by atoms with van der Waals surface area (Å²) in [6, 6.07) is 5.68. The predicted molar refractivity (Wildman–Crippen MR) is 121 cm³/mol. The van der Waals surface area contributed by atoms with Gasteiger partial charge in [0.25, 0.3) is 0 Å². The Morgan fingerprint density at radius 1 is 1.12 bits per heavy atom. The zero-order chi connectivity index (χ0) is 25.0. The Hall–Kier alpha value is -2.65. The maximum Gasteiger partial charge on any atom is 0.414 e. The lowest BCUT2D eigenvalue weighted by Gasteiger charge is -2.40. The summed E-state index contributed by atoms with van der Waals surface area (Å²) in [7, 11) is 1.55. The smallest absolute Gasteiger partial charge is 0.414 e. The van der Waals surface area contributed by atoms with Gasteiger partial charge in [-0.05, 0) is 55.2 Å². The molecule has 3 atom stereocenters. The molecule has 9 heteroatoms. The number of Topliss-reactive ketones (excluding diaryl/α,β-unsaturated/α-hetero) is 1. The minimum absolute atomic E-state index is 0.0172. The summed E-state index contributed by atoms with van der Waals surface area (Å²) in [5.41, 5.74) is 1.32. The van der Waals surface area contributed by atoms with Crippen molar-refractivity contribution in [2.75, 3.05) is 26.8 Å². The number of β-amino-alcohol motifs (C(OH)–C–C–N with tert-alkyl or cyclic N) is 1. The molecule has 3 N–H and O–H groups in total. The number of carboxylic acid groups (broad SMARTS) is 2. The molecule has 0 radical (unpaired) electrons. The van der Waals surface area contributed by atoms with Gasteiger partial charge in [0.2, 0.25) is 0 Å². The number of carbonyl (C=O) groups is 3. The third-order valence-electron chi connectivity index (χ3n) is 6.15. The van der Waals surface area contributed by atoms with E-state index in [9.17, 15) is 9.90 Å². The lowest BCUT2D eigenvalue weighted by atomic mass is 9.65. The highest BCUT2D eigenvalue weighted by Gasteiger charge is 2.49. The van der Waals surface area contributed by atoms with E-state index in [4.69, 9.17) is 29.3 Å². The van der Waals surface area contributed by atoms with Crippen molar-refractivity contribution in [1.82, 2.24) is 4.90 Å². The predicted octanol–water partition coefficient (Wildman–Crippen LogP) is 2.69. The number of hydrogen-bond acceptors (Lipinski definition) is 7. The van der Waals surface area contributed by atoms with Gasteiger partial charge < -0.3 is 24.8 Å². The van der Waals surface area contributed by atoms with Crippen molar-refractivity contribution >= 4 is 17.7 Å². The van der Waals surface area contributed by atoms with Gasteiger partial charge in [0.1, 0.15) is 12.7 Å². The second kappa shape index (κ2) is 10.5. The van der Waals surface area contributed by atoms with Gasteiger partial charge in [0.15, 0.2) is 17.3 Å². The van der Waals surface area contributed by atoms with Crippen LogP contribution in [0, 0.1) is 10.8 Å². The van der Waals surface area contributed by atoms with Gasteiger partial charge >= 0.3 is 11.9 Å². The zero-order valence-corrected chi connectivity index (χ0v) is 20.0. The summed E-state index contributed by atoms with van der Waals surface area (Å²) in [5.74, 6) is -2.60. The van der Waals surface area contributed by atoms with Gasteiger partial charge in [0.05, 0.1) is 7.11 Å². The van der Waals surface area contributed by atoms with E-state index in [1.54, 1.807) is 25.3 Å². The lowest BCUT2D eigenvalue weighted by Crippen LogP contribution is -2.39. The molecule has 0 amide bonds. The molecule has 1 aromatic rings. The quantitative estimate of drug-likeness (QED) is 0.410. The minimum atomic E-state index is -1.82. The Labute approximate surface area is 194 Å². The molecule has 1 aliphatic heterocycles. The lowest BCUT2D eigenvalue weighted by molar-refractivity contribution is -0.159. The minimum Gasteiger partial charge on any atom is -0.493 e. The molecule has 184 valence electrons. The molecule has 2 fully saturated rings. The van der Waals surface area contributed by atoms with Crippen molar-refractivity contribution in [2.45, 2.75) is 59.1 Å². The van der Waals surface area contributed by atoms with Crippen LogP contribution < -0.4 is 9.47 Å². The number of carboxylic acids is 2. The van der Waals surface area contributed by atoms with E-state index >= 15 is 0 Å². The highest BCUT2D eigenvalue weighted by atomic mass is 16.5. The molecule has 3 unspecified atom stereocenters. The molecular weight excluding hydrogens is 430 g/mol. The third-order valence-corrected chi connectivity index (χ3v) is 6.15. The van der Waals surface area contributed by atoms with Crippen LogP contribution in [-0.2, 0) is 9.59 Å². The molecule has 1 saturated heterocycles. The van der Waals surface area contributed by atoms with Crippen molar-refractivity contribution < 1.29 is 39.2 Å². The number of nitrogens with zero attached hydrogens (tertiary/aromatic N) is 1. The van der Waals surface area contributed by atoms with E-state index in [-0.39, 0.29) is 12.4 Å². The number of likely N-dealkylation sites (tertiary alicyclic amines) is 1. The summed E-state index contributed by atoms with van der Waals surface area (Å²) in [6.07, 6.45) is 3.10. The van der Waals surface area contributed by atoms with Crippen LogP contribution in [-0.4, -0.2) is 76.9 Å². The topological polar surface area (TPSA) is 134 Å². The van der Waals surface area contributed by atoms with E-state index in [1.165, 1.54) is 26.2 Å². The normalized spacial score (nSPS) is 24.2. The highest BCUT2D eigenvalue weighted by Crippen LogP contribution is 2.52. The number of methoxy groups -OCH3 is 1. The summed E-state index contributed by atoms with van der Waals surface area (Å²) in [4.78, 5) is 32.1. The molecule has 1 aliphatic carbocycles. The molecule has 1 aromatic carbocycles. The molecule has 0 spiro atoms. The first-order valence-electron chi connectivity index (χ1n) is 11.0. The van der Waals surface area contributed by atoms with Gasteiger partial charge in [-0.2, -0.15) is 0 Å². The number of aliphatic hydroxyl groups excluding tert-OH is 1. The SMILES string of the molecule is COc1cc(C(C)=O)ccc1OCC(O)CN1CC2(C)CC1CC(C)(C)C2.O=C(O)C(=O)O. The Morgan fingerprint density at radius 2 is 1.76 bits per heavy atom. The number of aliphatic hydroxyl groups is 1. The molecule has 3 rings (SSSR count). The highest BCUT2D eigenvalue weighted by molar-refractivity contribution is 6.27. The standard InChI is InChI=1S/C22H33NO4.C2H2O4/c1-15(24)16-6-7-19(20(8-16)26-5)27-12-18(25)11-23-14-22(4)10-17(23)9-21(2,3)13-22;3-1(4)2(5)6/h6-8,17-18,25H,9-14H2,1-5H3;(H,3,4)(H,5,6). The second-order valence-corrected chi connectivity index (χ2v) is 10.1. The first kappa shape index (κ1) is 26.6. The zero-order valence-electron chi connectivity index (χ0n) is 20.0. The van der Waals surface area contributed by atoms with Crippen LogP contribution in [0.15, 0.2) is 18.2 Å². The molecule has 9 nitrogen and oxygen atoms in total. The van der Waals surface area contributed by atoms with E-state index in [2.05, 4.69) is 25.7 Å². The first-order chi connectivity index (χ1) is 15.2. The maximum absolute atomic E-state index is 11.5. The number of hydrogen-bond donors (Lipinski definition) is 3. The van der Waals surface area contributed by atoms with Crippen LogP contribution in [0.1, 0.15) is 57.3 Å². The van der Waals surface area contributed by atoms with Crippen LogP contribution >= 0.6 is 0 Å². The van der Waals surface area contributed by atoms with E-state index in [1.807, 2.05) is 0 Å². The molecular formula is C24H35NO8. The van der Waals surface area contributed by atoms with Crippen LogP contribution in [0.4, 0.5) is 0 Å². The molecule has 0 aromatic heterocycles. The summed E-state index contributed by atoms with van der Waals surface area (Å²) < 4.78 is 11.1. The summed E-state index contributed by atoms with van der Waals surface area (Å²) in [5, 5.41) is 25.3. The summed E-state index contributed by atoms with van der Waals surface area (Å²) in [6.45, 7) is 10.5. The van der Waals surface area contributed by atoms with E-state index in [0.717, 1.165) is 6.54 Å². The van der Waals surface area contributed by atoms with Crippen molar-refractivity contribution in [3.8, 4) is 11.5 Å². The number of rotatable bonds is 7. The van der Waals surface area contributed by atoms with E-state index in [0.29, 0.717) is 40.5 Å². The summed E-state index contributed by atoms with van der Waals surface area (Å²) >= 11 is 0. The van der Waals surface area contributed by atoms with Crippen molar-refractivity contribution in [1.29, 1.82) is 0 Å². The fraction of sp³-hybridized carbons (Fsp3) is 0.625. The van der Waals surface area contributed by atoms with Crippen molar-refractivity contribution in [3.05, 3.63) is 23.8 Å². The average Bonchev–Trinajstić information content (AvgIpc) is 2.94. The molecule has 1 heterocycles. The van der Waals surface area contributed by atoms with Crippen LogP contribution in [0.25, 0.3) is 0 Å². The Morgan fingerprint density at radius 3 is 2.30 bits per heavy atom. The molecule has 2 aliphatic rings. The number of benzene rings is 1. The Balaban J connectivity index is 0.000000569. The molecule has 33 heavy (non-hydrogen) atoms. The number of carbonyl (C=O) groups excluding carboxylic acids is 1. The third kappa shape index (κ3) is 7.43. The Kier molecular flexibility index (Phi) is 8.48. The molecule has 1 saturated carbocycles. The van der Waals surface area contributed by atoms with Crippen LogP contribution in [0.3, 0.4) is 0 Å².